The maximum atomic E-state index is 12.9. The molecule has 1 atom stereocenters. The maximum absolute atomic E-state index is 12.9. The summed E-state index contributed by atoms with van der Waals surface area (Å²) in [6.45, 7) is 6.63. The average Bonchev–Trinajstić information content (AvgIpc) is 3.38. The smallest absolute Gasteiger partial charge is 0.306 e. The number of allylic oxidation sites excluding steroid dienone is 10. The van der Waals surface area contributed by atoms with Gasteiger partial charge in [0, 0.05) is 19.3 Å². The van der Waals surface area contributed by atoms with Crippen LogP contribution < -0.4 is 0 Å². The van der Waals surface area contributed by atoms with Gasteiger partial charge in [-0.25, -0.2) is 0 Å². The van der Waals surface area contributed by atoms with E-state index in [-0.39, 0.29) is 31.1 Å². The van der Waals surface area contributed by atoms with Crippen molar-refractivity contribution in [3.8, 4) is 0 Å². The summed E-state index contributed by atoms with van der Waals surface area (Å²) in [6.07, 6.45) is 76.5. The van der Waals surface area contributed by atoms with Gasteiger partial charge in [0.2, 0.25) is 0 Å². The third-order valence-corrected chi connectivity index (χ3v) is 13.7. The van der Waals surface area contributed by atoms with Gasteiger partial charge in [0.15, 0.2) is 6.10 Å². The first-order chi connectivity index (χ1) is 35.5. The van der Waals surface area contributed by atoms with E-state index in [0.29, 0.717) is 19.3 Å². The van der Waals surface area contributed by atoms with Gasteiger partial charge in [0.05, 0.1) is 0 Å². The highest BCUT2D eigenvalue weighted by molar-refractivity contribution is 5.71. The second-order valence-corrected chi connectivity index (χ2v) is 21.0. The lowest BCUT2D eigenvalue weighted by Gasteiger charge is -2.18. The maximum Gasteiger partial charge on any atom is 0.306 e. The van der Waals surface area contributed by atoms with Gasteiger partial charge in [-0.3, -0.25) is 14.4 Å². The van der Waals surface area contributed by atoms with Crippen LogP contribution in [0.1, 0.15) is 323 Å². The number of rotatable bonds is 57. The van der Waals surface area contributed by atoms with E-state index in [0.717, 1.165) is 83.5 Å². The van der Waals surface area contributed by atoms with E-state index in [9.17, 15) is 14.4 Å². The first-order valence-corrected chi connectivity index (χ1v) is 31.3. The summed E-state index contributed by atoms with van der Waals surface area (Å²) in [7, 11) is 0. The van der Waals surface area contributed by atoms with E-state index in [1.54, 1.807) is 0 Å². The van der Waals surface area contributed by atoms with Crippen LogP contribution in [-0.2, 0) is 28.6 Å². The monoisotopic (exact) mass is 1010 g/mol. The topological polar surface area (TPSA) is 78.9 Å². The third-order valence-electron chi connectivity index (χ3n) is 13.7. The van der Waals surface area contributed by atoms with Gasteiger partial charge in [0.25, 0.3) is 0 Å². The van der Waals surface area contributed by atoms with Crippen LogP contribution in [0.15, 0.2) is 60.8 Å². The predicted molar refractivity (Wildman–Crippen MR) is 312 cm³/mol. The van der Waals surface area contributed by atoms with Crippen LogP contribution >= 0.6 is 0 Å². The Morgan fingerprint density at radius 2 is 0.500 bits per heavy atom. The number of ether oxygens (including phenoxy) is 3. The minimum atomic E-state index is -0.778. The second-order valence-electron chi connectivity index (χ2n) is 21.0. The molecule has 72 heavy (non-hydrogen) atoms. The SMILES string of the molecule is CCCCC/C=C\C/C=C\CCCCCCCCCC(=O)OC(COC(=O)CCCCCCCCCCCC/C=C\C/C=C\C/C=C\CCCCCCC)COC(=O)CCCCCCCCCCCCCC. The molecule has 6 heteroatoms. The molecule has 0 aromatic carbocycles. The minimum absolute atomic E-state index is 0.0757. The highest BCUT2D eigenvalue weighted by Gasteiger charge is 2.19. The van der Waals surface area contributed by atoms with E-state index in [1.165, 1.54) is 199 Å². The first kappa shape index (κ1) is 69.1. The molecular weight excluding hydrogens is 889 g/mol. The molecule has 0 aliphatic carbocycles. The van der Waals surface area contributed by atoms with Crippen molar-refractivity contribution in [1.29, 1.82) is 0 Å². The van der Waals surface area contributed by atoms with Crippen molar-refractivity contribution in [2.75, 3.05) is 13.2 Å². The largest absolute Gasteiger partial charge is 0.462 e. The zero-order chi connectivity index (χ0) is 52.2. The van der Waals surface area contributed by atoms with Gasteiger partial charge < -0.3 is 14.2 Å². The van der Waals surface area contributed by atoms with Gasteiger partial charge in [0.1, 0.15) is 13.2 Å². The van der Waals surface area contributed by atoms with Crippen molar-refractivity contribution in [1.82, 2.24) is 0 Å². The molecule has 0 aromatic rings. The molecule has 0 spiro atoms. The number of carbonyl (C=O) groups excluding carboxylic acids is 3. The molecule has 0 bridgehead atoms. The Kier molecular flexibility index (Phi) is 58.2. The molecule has 0 rings (SSSR count). The van der Waals surface area contributed by atoms with Crippen molar-refractivity contribution in [2.45, 2.75) is 329 Å². The second kappa shape index (κ2) is 60.7. The molecule has 0 radical (unpaired) electrons. The fourth-order valence-corrected chi connectivity index (χ4v) is 9.01. The minimum Gasteiger partial charge on any atom is -0.462 e. The number of hydrogen-bond acceptors (Lipinski definition) is 6. The highest BCUT2D eigenvalue weighted by Crippen LogP contribution is 2.16. The molecule has 0 aliphatic rings. The van der Waals surface area contributed by atoms with Gasteiger partial charge in [-0.1, -0.05) is 274 Å². The van der Waals surface area contributed by atoms with Crippen LogP contribution in [0.3, 0.4) is 0 Å². The Morgan fingerprint density at radius 3 is 0.806 bits per heavy atom. The van der Waals surface area contributed by atoms with Crippen molar-refractivity contribution in [2.24, 2.45) is 0 Å². The van der Waals surface area contributed by atoms with Crippen molar-refractivity contribution >= 4 is 17.9 Å². The Labute approximate surface area is 447 Å². The molecule has 1 unspecified atom stereocenters. The lowest BCUT2D eigenvalue weighted by atomic mass is 10.0. The number of hydrogen-bond donors (Lipinski definition) is 0. The molecule has 418 valence electrons. The molecule has 0 amide bonds. The summed E-state index contributed by atoms with van der Waals surface area (Å²) < 4.78 is 16.9. The lowest BCUT2D eigenvalue weighted by Crippen LogP contribution is -2.30. The zero-order valence-electron chi connectivity index (χ0n) is 47.9. The highest BCUT2D eigenvalue weighted by atomic mass is 16.6. The van der Waals surface area contributed by atoms with Gasteiger partial charge in [-0.2, -0.15) is 0 Å². The Bertz CT molecular complexity index is 1290. The standard InChI is InChI=1S/C66H118O6/c1-4-7-10-13-16-19-22-25-27-29-30-31-32-33-34-35-36-38-39-41-44-47-50-53-56-59-65(68)71-62-63(61-70-64(67)58-55-52-49-46-43-24-21-18-15-12-9-6-3)72-66(69)60-57-54-51-48-45-42-40-37-28-26-23-20-17-14-11-8-5-2/h17,20,22,25-26,28-30,32-33,63H,4-16,18-19,21,23-24,27,31,34-62H2,1-3H3/b20-17-,25-22-,28-26-,30-29-,33-32-. The number of esters is 3. The van der Waals surface area contributed by atoms with Crippen molar-refractivity contribution in [3.05, 3.63) is 60.8 Å². The van der Waals surface area contributed by atoms with Crippen LogP contribution in [0.2, 0.25) is 0 Å². The summed E-state index contributed by atoms with van der Waals surface area (Å²) in [5.74, 6) is -0.873. The average molecular weight is 1010 g/mol. The molecule has 0 aliphatic heterocycles. The first-order valence-electron chi connectivity index (χ1n) is 31.3. The molecule has 0 aromatic heterocycles. The van der Waals surface area contributed by atoms with E-state index in [1.807, 2.05) is 0 Å². The van der Waals surface area contributed by atoms with Crippen molar-refractivity contribution < 1.29 is 28.6 Å². The predicted octanol–water partition coefficient (Wildman–Crippen LogP) is 21.2. The molecule has 0 N–H and O–H groups in total. The fourth-order valence-electron chi connectivity index (χ4n) is 9.01. The van der Waals surface area contributed by atoms with Crippen LogP contribution in [0.25, 0.3) is 0 Å². The van der Waals surface area contributed by atoms with Crippen LogP contribution in [0, 0.1) is 0 Å². The Morgan fingerprint density at radius 1 is 0.278 bits per heavy atom. The van der Waals surface area contributed by atoms with Gasteiger partial charge in [-0.05, 0) is 89.9 Å². The zero-order valence-corrected chi connectivity index (χ0v) is 47.9. The molecule has 6 nitrogen and oxygen atoms in total. The molecule has 0 heterocycles. The Balaban J connectivity index is 4.29. The van der Waals surface area contributed by atoms with Gasteiger partial charge in [-0.15, -0.1) is 0 Å². The van der Waals surface area contributed by atoms with Crippen LogP contribution in [0.5, 0.6) is 0 Å². The van der Waals surface area contributed by atoms with E-state index in [4.69, 9.17) is 14.2 Å². The van der Waals surface area contributed by atoms with E-state index < -0.39 is 6.10 Å². The number of unbranched alkanes of at least 4 members (excludes halogenated alkanes) is 36. The fraction of sp³-hybridized carbons (Fsp3) is 0.803. The summed E-state index contributed by atoms with van der Waals surface area (Å²) in [5.41, 5.74) is 0. The Hall–Kier alpha value is -2.89. The summed E-state index contributed by atoms with van der Waals surface area (Å²) in [6, 6.07) is 0. The number of carbonyl (C=O) groups is 3. The molecular formula is C66H118O6. The molecule has 0 saturated carbocycles. The van der Waals surface area contributed by atoms with E-state index in [2.05, 4.69) is 81.5 Å². The molecule has 0 saturated heterocycles. The summed E-state index contributed by atoms with van der Waals surface area (Å²) in [4.78, 5) is 38.2. The van der Waals surface area contributed by atoms with Crippen LogP contribution in [0.4, 0.5) is 0 Å². The van der Waals surface area contributed by atoms with Gasteiger partial charge >= 0.3 is 17.9 Å². The summed E-state index contributed by atoms with van der Waals surface area (Å²) >= 11 is 0. The lowest BCUT2D eigenvalue weighted by molar-refractivity contribution is -0.167. The quantitative estimate of drug-likeness (QED) is 0.0261. The third kappa shape index (κ3) is 58.0. The normalized spacial score (nSPS) is 12.4. The van der Waals surface area contributed by atoms with Crippen molar-refractivity contribution in [3.63, 3.8) is 0 Å². The summed E-state index contributed by atoms with van der Waals surface area (Å²) in [5, 5.41) is 0. The van der Waals surface area contributed by atoms with Crippen LogP contribution in [-0.4, -0.2) is 37.2 Å². The van der Waals surface area contributed by atoms with E-state index >= 15 is 0 Å². The molecule has 0 fully saturated rings.